The molecular formula is C13H15NS. The quantitative estimate of drug-likeness (QED) is 0.749. The predicted octanol–water partition coefficient (Wildman–Crippen LogP) is 4.15. The molecule has 0 aliphatic carbocycles. The van der Waals surface area contributed by atoms with Gasteiger partial charge >= 0.3 is 0 Å². The average molecular weight is 217 g/mol. The molecule has 0 bridgehead atoms. The van der Waals surface area contributed by atoms with Gasteiger partial charge in [0.25, 0.3) is 0 Å². The Morgan fingerprint density at radius 2 is 2.00 bits per heavy atom. The van der Waals surface area contributed by atoms with Crippen LogP contribution in [0.15, 0.2) is 35.8 Å². The van der Waals surface area contributed by atoms with Gasteiger partial charge < -0.3 is 0 Å². The fraction of sp³-hybridized carbons (Fsp3) is 0.308. The van der Waals surface area contributed by atoms with E-state index in [2.05, 4.69) is 36.2 Å². The minimum atomic E-state index is 1.11. The first kappa shape index (κ1) is 10.4. The lowest BCUT2D eigenvalue weighted by atomic mass is 10.1. The normalized spacial score (nSPS) is 10.5. The third-order valence-electron chi connectivity index (χ3n) is 2.45. The molecule has 1 aromatic heterocycles. The molecule has 78 valence electrons. The highest BCUT2D eigenvalue weighted by molar-refractivity contribution is 7.13. The second-order valence-corrected chi connectivity index (χ2v) is 4.53. The zero-order valence-electron chi connectivity index (χ0n) is 8.94. The zero-order valence-corrected chi connectivity index (χ0v) is 9.76. The summed E-state index contributed by atoms with van der Waals surface area (Å²) in [6.07, 6.45) is 5.57. The van der Waals surface area contributed by atoms with Gasteiger partial charge in [0.05, 0.1) is 0 Å². The molecule has 0 aliphatic rings. The number of hydrogen-bond donors (Lipinski definition) is 0. The molecule has 0 N–H and O–H groups in total. The van der Waals surface area contributed by atoms with Crippen LogP contribution in [0.3, 0.4) is 0 Å². The van der Waals surface area contributed by atoms with Crippen LogP contribution < -0.4 is 0 Å². The van der Waals surface area contributed by atoms with E-state index in [1.54, 1.807) is 11.3 Å². The van der Waals surface area contributed by atoms with E-state index in [-0.39, 0.29) is 0 Å². The highest BCUT2D eigenvalue weighted by Crippen LogP contribution is 2.22. The highest BCUT2D eigenvalue weighted by Gasteiger charge is 1.99. The van der Waals surface area contributed by atoms with Crippen molar-refractivity contribution in [2.75, 3.05) is 0 Å². The summed E-state index contributed by atoms with van der Waals surface area (Å²) in [5.74, 6) is 0. The van der Waals surface area contributed by atoms with Crippen LogP contribution in [0.25, 0.3) is 10.6 Å². The minimum Gasteiger partial charge on any atom is -0.245 e. The van der Waals surface area contributed by atoms with E-state index < -0.39 is 0 Å². The number of benzene rings is 1. The lowest BCUT2D eigenvalue weighted by molar-refractivity contribution is 0.795. The van der Waals surface area contributed by atoms with Crippen molar-refractivity contribution in [2.24, 2.45) is 0 Å². The summed E-state index contributed by atoms with van der Waals surface area (Å²) >= 11 is 1.69. The van der Waals surface area contributed by atoms with Gasteiger partial charge in [-0.2, -0.15) is 0 Å². The largest absolute Gasteiger partial charge is 0.245 e. The number of thiazole rings is 1. The molecule has 15 heavy (non-hydrogen) atoms. The number of aryl methyl sites for hydroxylation is 1. The molecule has 2 rings (SSSR count). The van der Waals surface area contributed by atoms with Crippen LogP contribution in [0, 0.1) is 0 Å². The van der Waals surface area contributed by atoms with Gasteiger partial charge in [-0.3, -0.25) is 0 Å². The number of aromatic nitrogens is 1. The maximum Gasteiger partial charge on any atom is 0.123 e. The molecular weight excluding hydrogens is 202 g/mol. The van der Waals surface area contributed by atoms with Crippen molar-refractivity contribution in [1.29, 1.82) is 0 Å². The standard InChI is InChI=1S/C13H15NS/c1-2-3-4-11-5-7-12(8-6-11)13-14-9-10-15-13/h5-10H,2-4H2,1H3. The Labute approximate surface area is 94.8 Å². The number of hydrogen-bond acceptors (Lipinski definition) is 2. The van der Waals surface area contributed by atoms with Gasteiger partial charge in [0.1, 0.15) is 5.01 Å². The smallest absolute Gasteiger partial charge is 0.123 e. The van der Waals surface area contributed by atoms with Crippen molar-refractivity contribution in [3.05, 3.63) is 41.4 Å². The summed E-state index contributed by atoms with van der Waals surface area (Å²) < 4.78 is 0. The fourth-order valence-electron chi connectivity index (χ4n) is 1.56. The van der Waals surface area contributed by atoms with Gasteiger partial charge in [-0.25, -0.2) is 4.98 Å². The van der Waals surface area contributed by atoms with E-state index in [1.165, 1.54) is 30.4 Å². The maximum absolute atomic E-state index is 4.30. The predicted molar refractivity (Wildman–Crippen MR) is 66.2 cm³/mol. The zero-order chi connectivity index (χ0) is 10.5. The second-order valence-electron chi connectivity index (χ2n) is 3.64. The molecule has 2 heteroatoms. The summed E-state index contributed by atoms with van der Waals surface area (Å²) in [4.78, 5) is 4.30. The molecule has 1 heterocycles. The first-order chi connectivity index (χ1) is 7.40. The number of rotatable bonds is 4. The van der Waals surface area contributed by atoms with Crippen molar-refractivity contribution in [3.8, 4) is 10.6 Å². The highest BCUT2D eigenvalue weighted by atomic mass is 32.1. The molecule has 0 amide bonds. The van der Waals surface area contributed by atoms with Crippen LogP contribution in [0.2, 0.25) is 0 Å². The SMILES string of the molecule is CCCCc1ccc(-c2nccs2)cc1. The summed E-state index contributed by atoms with van der Waals surface area (Å²) in [7, 11) is 0. The average Bonchev–Trinajstić information content (AvgIpc) is 2.80. The van der Waals surface area contributed by atoms with E-state index in [0.717, 1.165) is 5.01 Å². The molecule has 1 nitrogen and oxygen atoms in total. The van der Waals surface area contributed by atoms with Crippen molar-refractivity contribution in [1.82, 2.24) is 4.98 Å². The van der Waals surface area contributed by atoms with Crippen LogP contribution in [0.1, 0.15) is 25.3 Å². The first-order valence-corrected chi connectivity index (χ1v) is 6.27. The third-order valence-corrected chi connectivity index (χ3v) is 3.27. The first-order valence-electron chi connectivity index (χ1n) is 5.39. The minimum absolute atomic E-state index is 1.11. The van der Waals surface area contributed by atoms with E-state index in [0.29, 0.717) is 0 Å². The van der Waals surface area contributed by atoms with Crippen molar-refractivity contribution < 1.29 is 0 Å². The Balaban J connectivity index is 2.11. The van der Waals surface area contributed by atoms with Crippen molar-refractivity contribution >= 4 is 11.3 Å². The molecule has 0 aliphatic heterocycles. The molecule has 0 radical (unpaired) electrons. The summed E-state index contributed by atoms with van der Waals surface area (Å²) in [5.41, 5.74) is 2.66. The van der Waals surface area contributed by atoms with E-state index in [1.807, 2.05) is 11.6 Å². The molecule has 0 spiro atoms. The Kier molecular flexibility index (Phi) is 3.51. The van der Waals surface area contributed by atoms with Gasteiger partial charge in [0.15, 0.2) is 0 Å². The van der Waals surface area contributed by atoms with E-state index in [4.69, 9.17) is 0 Å². The van der Waals surface area contributed by atoms with Crippen LogP contribution >= 0.6 is 11.3 Å². The Hall–Kier alpha value is -1.15. The van der Waals surface area contributed by atoms with Crippen molar-refractivity contribution in [3.63, 3.8) is 0 Å². The van der Waals surface area contributed by atoms with E-state index >= 15 is 0 Å². The van der Waals surface area contributed by atoms with Crippen LogP contribution in [0.5, 0.6) is 0 Å². The van der Waals surface area contributed by atoms with Crippen LogP contribution in [-0.4, -0.2) is 4.98 Å². The lowest BCUT2D eigenvalue weighted by Crippen LogP contribution is -1.84. The molecule has 0 saturated heterocycles. The van der Waals surface area contributed by atoms with Gasteiger partial charge in [0, 0.05) is 17.1 Å². The van der Waals surface area contributed by atoms with E-state index in [9.17, 15) is 0 Å². The summed E-state index contributed by atoms with van der Waals surface area (Å²) in [5, 5.41) is 3.12. The molecule has 1 aromatic carbocycles. The Bertz CT molecular complexity index is 389. The van der Waals surface area contributed by atoms with Gasteiger partial charge in [0.2, 0.25) is 0 Å². The second kappa shape index (κ2) is 5.08. The van der Waals surface area contributed by atoms with Crippen molar-refractivity contribution in [2.45, 2.75) is 26.2 Å². The molecule has 0 atom stereocenters. The Morgan fingerprint density at radius 3 is 2.60 bits per heavy atom. The molecule has 2 aromatic rings. The van der Waals surface area contributed by atoms with Gasteiger partial charge in [-0.1, -0.05) is 37.6 Å². The van der Waals surface area contributed by atoms with Gasteiger partial charge in [-0.15, -0.1) is 11.3 Å². The van der Waals surface area contributed by atoms with Crippen LogP contribution in [-0.2, 0) is 6.42 Å². The Morgan fingerprint density at radius 1 is 1.20 bits per heavy atom. The molecule has 0 fully saturated rings. The number of unbranched alkanes of at least 4 members (excludes halogenated alkanes) is 1. The van der Waals surface area contributed by atoms with Gasteiger partial charge in [-0.05, 0) is 18.4 Å². The lowest BCUT2D eigenvalue weighted by Gasteiger charge is -2.01. The summed E-state index contributed by atoms with van der Waals surface area (Å²) in [6, 6.07) is 8.77. The maximum atomic E-state index is 4.30. The topological polar surface area (TPSA) is 12.9 Å². The monoisotopic (exact) mass is 217 g/mol. The van der Waals surface area contributed by atoms with Crippen LogP contribution in [0.4, 0.5) is 0 Å². The third kappa shape index (κ3) is 2.66. The molecule has 0 saturated carbocycles. The fourth-order valence-corrected chi connectivity index (χ4v) is 2.21. The molecule has 0 unspecified atom stereocenters. The number of nitrogens with zero attached hydrogens (tertiary/aromatic N) is 1. The summed E-state index contributed by atoms with van der Waals surface area (Å²) in [6.45, 7) is 2.23.